The van der Waals surface area contributed by atoms with Crippen LogP contribution in [0.1, 0.15) is 12.8 Å². The molecule has 0 aromatic heterocycles. The summed E-state index contributed by atoms with van der Waals surface area (Å²) in [4.78, 5) is 9.80. The van der Waals surface area contributed by atoms with E-state index in [1.165, 1.54) is 6.07 Å². The minimum absolute atomic E-state index is 0.0535. The molecular formula is C11H13ClN2O5S. The lowest BCUT2D eigenvalue weighted by Crippen LogP contribution is -2.42. The minimum Gasteiger partial charge on any atom is -0.392 e. The summed E-state index contributed by atoms with van der Waals surface area (Å²) in [7, 11) is -4.01. The normalized spacial score (nSPS) is 20.8. The molecule has 0 spiro atoms. The van der Waals surface area contributed by atoms with Crippen LogP contribution in [0.5, 0.6) is 0 Å². The van der Waals surface area contributed by atoms with Crippen molar-refractivity contribution in [3.05, 3.63) is 33.3 Å². The van der Waals surface area contributed by atoms with Crippen molar-refractivity contribution in [1.29, 1.82) is 0 Å². The van der Waals surface area contributed by atoms with E-state index in [0.29, 0.717) is 12.8 Å². The molecule has 1 heterocycles. The lowest BCUT2D eigenvalue weighted by molar-refractivity contribution is -0.387. The highest BCUT2D eigenvalue weighted by atomic mass is 35.5. The van der Waals surface area contributed by atoms with Crippen LogP contribution in [0.2, 0.25) is 5.02 Å². The Morgan fingerprint density at radius 3 is 2.75 bits per heavy atom. The number of aliphatic hydroxyl groups is 1. The average Bonchev–Trinajstić information content (AvgIpc) is 2.38. The number of aliphatic hydroxyl groups excluding tert-OH is 1. The van der Waals surface area contributed by atoms with Crippen molar-refractivity contribution >= 4 is 27.3 Å². The first-order valence-corrected chi connectivity index (χ1v) is 7.76. The summed E-state index contributed by atoms with van der Waals surface area (Å²) in [5.41, 5.74) is -0.558. The molecule has 0 amide bonds. The first-order chi connectivity index (χ1) is 9.32. The summed E-state index contributed by atoms with van der Waals surface area (Å²) in [6.07, 6.45) is 0.293. The van der Waals surface area contributed by atoms with Crippen molar-refractivity contribution in [3.63, 3.8) is 0 Å². The lowest BCUT2D eigenvalue weighted by atomic mass is 10.1. The fraction of sp³-hybridized carbons (Fsp3) is 0.455. The SMILES string of the molecule is O=[N+]([O-])c1cc(Cl)ccc1S(=O)(=O)N1CCCC(O)C1. The Bertz CT molecular complexity index is 634. The molecule has 1 fully saturated rings. The van der Waals surface area contributed by atoms with Gasteiger partial charge in [-0.3, -0.25) is 10.1 Å². The number of rotatable bonds is 3. The van der Waals surface area contributed by atoms with E-state index in [9.17, 15) is 23.6 Å². The van der Waals surface area contributed by atoms with Crippen molar-refractivity contribution in [3.8, 4) is 0 Å². The summed E-state index contributed by atoms with van der Waals surface area (Å²) in [5.74, 6) is 0. The van der Waals surface area contributed by atoms with Crippen molar-refractivity contribution < 1.29 is 18.4 Å². The van der Waals surface area contributed by atoms with Gasteiger partial charge in [0.25, 0.3) is 5.69 Å². The number of halogens is 1. The number of sulfonamides is 1. The van der Waals surface area contributed by atoms with Crippen LogP contribution in [0.25, 0.3) is 0 Å². The molecule has 0 saturated carbocycles. The smallest absolute Gasteiger partial charge is 0.290 e. The third-order valence-electron chi connectivity index (χ3n) is 3.09. The number of hydrogen-bond acceptors (Lipinski definition) is 5. The maximum atomic E-state index is 12.4. The van der Waals surface area contributed by atoms with E-state index < -0.39 is 31.6 Å². The minimum atomic E-state index is -4.01. The summed E-state index contributed by atoms with van der Waals surface area (Å²) in [5, 5.41) is 20.6. The number of nitro benzene ring substituents is 1. The van der Waals surface area contributed by atoms with Gasteiger partial charge in [0.05, 0.1) is 11.0 Å². The quantitative estimate of drug-likeness (QED) is 0.670. The molecule has 2 rings (SSSR count). The van der Waals surface area contributed by atoms with Gasteiger partial charge in [0.2, 0.25) is 10.0 Å². The summed E-state index contributed by atoms with van der Waals surface area (Å²) >= 11 is 5.67. The van der Waals surface area contributed by atoms with Gasteiger partial charge in [0, 0.05) is 24.2 Å². The largest absolute Gasteiger partial charge is 0.392 e. The predicted molar refractivity (Wildman–Crippen MR) is 72.1 cm³/mol. The number of hydrogen-bond donors (Lipinski definition) is 1. The molecule has 1 aliphatic rings. The number of piperidine rings is 1. The fourth-order valence-electron chi connectivity index (χ4n) is 2.13. The van der Waals surface area contributed by atoms with Crippen LogP contribution < -0.4 is 0 Å². The van der Waals surface area contributed by atoms with E-state index in [0.717, 1.165) is 16.4 Å². The number of nitro groups is 1. The number of β-amino-alcohol motifs (C(OH)–C–C–N with tert-alkyl or cyclic N) is 1. The monoisotopic (exact) mass is 320 g/mol. The number of nitrogens with zero attached hydrogens (tertiary/aromatic N) is 2. The van der Waals surface area contributed by atoms with Crippen molar-refractivity contribution in [2.24, 2.45) is 0 Å². The van der Waals surface area contributed by atoms with Gasteiger partial charge in [-0.15, -0.1) is 0 Å². The van der Waals surface area contributed by atoms with Crippen LogP contribution >= 0.6 is 11.6 Å². The maximum absolute atomic E-state index is 12.4. The Hall–Kier alpha value is -1.22. The molecular weight excluding hydrogens is 308 g/mol. The molecule has 9 heteroatoms. The van der Waals surface area contributed by atoms with Gasteiger partial charge >= 0.3 is 0 Å². The first kappa shape index (κ1) is 15.2. The summed E-state index contributed by atoms with van der Waals surface area (Å²) in [6.45, 7) is 0.182. The molecule has 1 unspecified atom stereocenters. The van der Waals surface area contributed by atoms with E-state index in [4.69, 9.17) is 11.6 Å². The highest BCUT2D eigenvalue weighted by Crippen LogP contribution is 2.30. The van der Waals surface area contributed by atoms with Gasteiger partial charge < -0.3 is 5.11 Å². The van der Waals surface area contributed by atoms with Crippen molar-refractivity contribution in [1.82, 2.24) is 4.31 Å². The first-order valence-electron chi connectivity index (χ1n) is 5.94. The zero-order chi connectivity index (χ0) is 14.9. The second-order valence-electron chi connectivity index (χ2n) is 4.53. The highest BCUT2D eigenvalue weighted by molar-refractivity contribution is 7.89. The van der Waals surface area contributed by atoms with E-state index in [1.54, 1.807) is 0 Å². The van der Waals surface area contributed by atoms with Crippen LogP contribution in [0.3, 0.4) is 0 Å². The Balaban J connectivity index is 2.46. The Morgan fingerprint density at radius 2 is 2.15 bits per heavy atom. The summed E-state index contributed by atoms with van der Waals surface area (Å²) < 4.78 is 25.9. The fourth-order valence-corrected chi connectivity index (χ4v) is 3.95. The molecule has 1 aliphatic heterocycles. The molecule has 1 aromatic carbocycles. The second-order valence-corrected chi connectivity index (χ2v) is 6.87. The third-order valence-corrected chi connectivity index (χ3v) is 5.24. The predicted octanol–water partition coefficient (Wildman–Crippen LogP) is 1.39. The second kappa shape index (κ2) is 5.65. The molecule has 20 heavy (non-hydrogen) atoms. The Kier molecular flexibility index (Phi) is 4.28. The molecule has 110 valence electrons. The van der Waals surface area contributed by atoms with Gasteiger partial charge in [-0.05, 0) is 25.0 Å². The molecule has 0 bridgehead atoms. The van der Waals surface area contributed by atoms with Crippen molar-refractivity contribution in [2.75, 3.05) is 13.1 Å². The molecule has 7 nitrogen and oxygen atoms in total. The Morgan fingerprint density at radius 1 is 1.45 bits per heavy atom. The molecule has 1 aromatic rings. The molecule has 1 N–H and O–H groups in total. The van der Waals surface area contributed by atoms with Gasteiger partial charge in [0.15, 0.2) is 4.90 Å². The topological polar surface area (TPSA) is 101 Å². The molecule has 0 radical (unpaired) electrons. The summed E-state index contributed by atoms with van der Waals surface area (Å²) in [6, 6.07) is 3.42. The third kappa shape index (κ3) is 2.93. The zero-order valence-electron chi connectivity index (χ0n) is 10.4. The molecule has 0 aliphatic carbocycles. The van der Waals surface area contributed by atoms with E-state index >= 15 is 0 Å². The van der Waals surface area contributed by atoms with Crippen LogP contribution in [0, 0.1) is 10.1 Å². The van der Waals surface area contributed by atoms with Crippen LogP contribution in [0.4, 0.5) is 5.69 Å². The Labute approximate surface area is 121 Å². The van der Waals surface area contributed by atoms with Crippen LogP contribution in [-0.4, -0.2) is 41.9 Å². The molecule has 1 atom stereocenters. The standard InChI is InChI=1S/C11H13ClN2O5S/c12-8-3-4-11(10(6-8)14(16)17)20(18,19)13-5-1-2-9(15)7-13/h3-4,6,9,15H,1-2,5,7H2. The maximum Gasteiger partial charge on any atom is 0.290 e. The van der Waals surface area contributed by atoms with E-state index in [2.05, 4.69) is 0 Å². The van der Waals surface area contributed by atoms with Gasteiger partial charge in [-0.25, -0.2) is 8.42 Å². The zero-order valence-corrected chi connectivity index (χ0v) is 12.0. The van der Waals surface area contributed by atoms with E-state index in [1.807, 2.05) is 0 Å². The van der Waals surface area contributed by atoms with Crippen LogP contribution in [-0.2, 0) is 10.0 Å². The van der Waals surface area contributed by atoms with Crippen molar-refractivity contribution in [2.45, 2.75) is 23.8 Å². The van der Waals surface area contributed by atoms with Gasteiger partial charge in [-0.2, -0.15) is 4.31 Å². The number of benzene rings is 1. The average molecular weight is 321 g/mol. The van der Waals surface area contributed by atoms with Crippen LogP contribution in [0.15, 0.2) is 23.1 Å². The van der Waals surface area contributed by atoms with Gasteiger partial charge in [0.1, 0.15) is 0 Å². The van der Waals surface area contributed by atoms with E-state index in [-0.39, 0.29) is 18.1 Å². The molecule has 1 saturated heterocycles. The highest BCUT2D eigenvalue weighted by Gasteiger charge is 2.34. The lowest BCUT2D eigenvalue weighted by Gasteiger charge is -2.29. The van der Waals surface area contributed by atoms with Gasteiger partial charge in [-0.1, -0.05) is 11.6 Å².